The largest absolute Gasteiger partial charge is 0.497 e. The number of benzene rings is 2. The Morgan fingerprint density at radius 1 is 1.13 bits per heavy atom. The van der Waals surface area contributed by atoms with E-state index in [-0.39, 0.29) is 30.0 Å². The van der Waals surface area contributed by atoms with Crippen molar-refractivity contribution in [3.63, 3.8) is 0 Å². The van der Waals surface area contributed by atoms with Crippen molar-refractivity contribution in [3.05, 3.63) is 86.3 Å². The highest BCUT2D eigenvalue weighted by Crippen LogP contribution is 2.18. The van der Waals surface area contributed by atoms with Crippen LogP contribution < -0.4 is 16.0 Å². The molecular weight excluding hydrogens is 420 g/mol. The molecule has 0 radical (unpaired) electrons. The number of nitrogens with zero attached hydrogens (tertiary/aromatic N) is 4. The maximum absolute atomic E-state index is 13.1. The van der Waals surface area contributed by atoms with Crippen molar-refractivity contribution in [2.45, 2.75) is 20.0 Å². The average Bonchev–Trinajstić information content (AvgIpc) is 3.18. The van der Waals surface area contributed by atoms with Crippen molar-refractivity contribution >= 4 is 28.5 Å². The SMILES string of the molecule is CCn1c(=O)c2c(ncn2CC(=O)c2cccc(OC)c2)n(-c2ccc(Cl)cc2)c1=O. The summed E-state index contributed by atoms with van der Waals surface area (Å²) in [4.78, 5) is 43.2. The van der Waals surface area contributed by atoms with Crippen LogP contribution >= 0.6 is 11.6 Å². The molecule has 4 aromatic rings. The van der Waals surface area contributed by atoms with Crippen LogP contribution in [0.4, 0.5) is 0 Å². The molecule has 0 saturated heterocycles. The van der Waals surface area contributed by atoms with Crippen LogP contribution in [0.3, 0.4) is 0 Å². The van der Waals surface area contributed by atoms with E-state index in [0.29, 0.717) is 22.0 Å². The highest BCUT2D eigenvalue weighted by atomic mass is 35.5. The van der Waals surface area contributed by atoms with Gasteiger partial charge in [0.15, 0.2) is 16.9 Å². The summed E-state index contributed by atoms with van der Waals surface area (Å²) in [5.74, 6) is 0.344. The monoisotopic (exact) mass is 438 g/mol. The Hall–Kier alpha value is -3.65. The van der Waals surface area contributed by atoms with Crippen molar-refractivity contribution in [3.8, 4) is 11.4 Å². The molecule has 2 aromatic heterocycles. The van der Waals surface area contributed by atoms with E-state index in [1.54, 1.807) is 55.5 Å². The molecule has 9 heteroatoms. The number of rotatable bonds is 6. The summed E-state index contributed by atoms with van der Waals surface area (Å²) < 4.78 is 9.11. The zero-order valence-electron chi connectivity index (χ0n) is 16.9. The second-order valence-corrected chi connectivity index (χ2v) is 7.28. The first-order chi connectivity index (χ1) is 14.9. The maximum Gasteiger partial charge on any atom is 0.337 e. The summed E-state index contributed by atoms with van der Waals surface area (Å²) in [6, 6.07) is 13.4. The summed E-state index contributed by atoms with van der Waals surface area (Å²) in [5.41, 5.74) is 0.317. The minimum Gasteiger partial charge on any atom is -0.497 e. The van der Waals surface area contributed by atoms with Crippen LogP contribution in [0.15, 0.2) is 64.4 Å². The minimum absolute atomic E-state index is 0.110. The lowest BCUT2D eigenvalue weighted by Crippen LogP contribution is -2.39. The second-order valence-electron chi connectivity index (χ2n) is 6.84. The molecule has 0 amide bonds. The number of carbonyl (C=O) groups excluding carboxylic acids is 1. The molecule has 0 bridgehead atoms. The summed E-state index contributed by atoms with van der Waals surface area (Å²) in [6.45, 7) is 1.78. The van der Waals surface area contributed by atoms with E-state index < -0.39 is 11.2 Å². The summed E-state index contributed by atoms with van der Waals surface area (Å²) in [7, 11) is 1.52. The number of methoxy groups -OCH3 is 1. The third kappa shape index (κ3) is 3.66. The van der Waals surface area contributed by atoms with E-state index in [1.807, 2.05) is 0 Å². The predicted octanol–water partition coefficient (Wildman–Crippen LogP) is 2.91. The number of hydrogen-bond donors (Lipinski definition) is 0. The molecule has 2 aromatic carbocycles. The molecule has 2 heterocycles. The zero-order valence-corrected chi connectivity index (χ0v) is 17.7. The summed E-state index contributed by atoms with van der Waals surface area (Å²) >= 11 is 5.97. The molecule has 0 fully saturated rings. The fourth-order valence-electron chi connectivity index (χ4n) is 3.44. The molecule has 0 N–H and O–H groups in total. The highest BCUT2D eigenvalue weighted by Gasteiger charge is 2.20. The van der Waals surface area contributed by atoms with Crippen molar-refractivity contribution < 1.29 is 9.53 Å². The Morgan fingerprint density at radius 2 is 1.87 bits per heavy atom. The highest BCUT2D eigenvalue weighted by molar-refractivity contribution is 6.30. The predicted molar refractivity (Wildman–Crippen MR) is 118 cm³/mol. The van der Waals surface area contributed by atoms with Crippen molar-refractivity contribution in [1.82, 2.24) is 18.7 Å². The van der Waals surface area contributed by atoms with Crippen LogP contribution in [0.25, 0.3) is 16.9 Å². The van der Waals surface area contributed by atoms with Gasteiger partial charge >= 0.3 is 5.69 Å². The van der Waals surface area contributed by atoms with E-state index in [4.69, 9.17) is 16.3 Å². The number of ether oxygens (including phenoxy) is 1. The Kier molecular flexibility index (Phi) is 5.48. The molecule has 0 atom stereocenters. The van der Waals surface area contributed by atoms with Gasteiger partial charge in [-0.1, -0.05) is 23.7 Å². The van der Waals surface area contributed by atoms with E-state index >= 15 is 0 Å². The first-order valence-corrected chi connectivity index (χ1v) is 9.96. The summed E-state index contributed by atoms with van der Waals surface area (Å²) in [6.07, 6.45) is 1.40. The van der Waals surface area contributed by atoms with Gasteiger partial charge < -0.3 is 9.30 Å². The van der Waals surface area contributed by atoms with Gasteiger partial charge in [-0.15, -0.1) is 0 Å². The maximum atomic E-state index is 13.1. The lowest BCUT2D eigenvalue weighted by molar-refractivity contribution is 0.0973. The Balaban J connectivity index is 1.88. The molecule has 0 aliphatic carbocycles. The average molecular weight is 439 g/mol. The van der Waals surface area contributed by atoms with Crippen LogP contribution in [0, 0.1) is 0 Å². The third-order valence-corrected chi connectivity index (χ3v) is 5.26. The topological polar surface area (TPSA) is 88.1 Å². The van der Waals surface area contributed by atoms with Crippen LogP contribution in [0.1, 0.15) is 17.3 Å². The summed E-state index contributed by atoms with van der Waals surface area (Å²) in [5, 5.41) is 0.520. The normalized spacial score (nSPS) is 11.1. The number of ketones is 1. The Morgan fingerprint density at radius 3 is 2.55 bits per heavy atom. The molecule has 31 heavy (non-hydrogen) atoms. The lowest BCUT2D eigenvalue weighted by Gasteiger charge is -2.11. The fraction of sp³-hybridized carbons (Fsp3) is 0.182. The van der Waals surface area contributed by atoms with Gasteiger partial charge in [-0.25, -0.2) is 14.3 Å². The second kappa shape index (κ2) is 8.23. The van der Waals surface area contributed by atoms with Crippen molar-refractivity contribution in [1.29, 1.82) is 0 Å². The van der Waals surface area contributed by atoms with Crippen molar-refractivity contribution in [2.24, 2.45) is 0 Å². The molecule has 8 nitrogen and oxygen atoms in total. The number of hydrogen-bond acceptors (Lipinski definition) is 5. The lowest BCUT2D eigenvalue weighted by atomic mass is 10.1. The fourth-order valence-corrected chi connectivity index (χ4v) is 3.57. The molecular formula is C22H19ClN4O4. The van der Waals surface area contributed by atoms with Gasteiger partial charge in [0.05, 0.1) is 25.7 Å². The van der Waals surface area contributed by atoms with Gasteiger partial charge in [0.2, 0.25) is 0 Å². The van der Waals surface area contributed by atoms with Crippen LogP contribution in [0.5, 0.6) is 5.75 Å². The van der Waals surface area contributed by atoms with E-state index in [2.05, 4.69) is 4.98 Å². The standard InChI is InChI=1S/C22H19ClN4O4/c1-3-26-21(29)19-20(27(22(26)30)16-9-7-15(23)8-10-16)24-13-25(19)12-18(28)14-5-4-6-17(11-14)31-2/h4-11,13H,3,12H2,1-2H3. The minimum atomic E-state index is -0.508. The van der Waals surface area contributed by atoms with Crippen LogP contribution in [-0.2, 0) is 13.1 Å². The van der Waals surface area contributed by atoms with Crippen LogP contribution in [-0.4, -0.2) is 31.6 Å². The Bertz CT molecular complexity index is 1400. The van der Waals surface area contributed by atoms with Gasteiger partial charge in [0, 0.05) is 17.1 Å². The molecule has 0 spiro atoms. The number of Topliss-reactive ketones (excluding diaryl/α,β-unsaturated/α-hetero) is 1. The number of fused-ring (bicyclic) bond motifs is 1. The quantitative estimate of drug-likeness (QED) is 0.432. The van der Waals surface area contributed by atoms with Crippen LogP contribution in [0.2, 0.25) is 5.02 Å². The molecule has 0 aliphatic heterocycles. The first kappa shape index (κ1) is 20.6. The molecule has 158 valence electrons. The molecule has 4 rings (SSSR count). The molecule has 0 unspecified atom stereocenters. The first-order valence-electron chi connectivity index (χ1n) is 9.58. The molecule has 0 aliphatic rings. The van der Waals surface area contributed by atoms with Gasteiger partial charge in [0.25, 0.3) is 5.56 Å². The van der Waals surface area contributed by atoms with Gasteiger partial charge in [-0.3, -0.25) is 14.2 Å². The number of halogens is 1. The van der Waals surface area contributed by atoms with E-state index in [1.165, 1.54) is 22.6 Å². The van der Waals surface area contributed by atoms with Crippen molar-refractivity contribution in [2.75, 3.05) is 7.11 Å². The van der Waals surface area contributed by atoms with Gasteiger partial charge in [-0.2, -0.15) is 0 Å². The smallest absolute Gasteiger partial charge is 0.337 e. The number of imidazole rings is 1. The van der Waals surface area contributed by atoms with Gasteiger partial charge in [-0.05, 0) is 43.3 Å². The zero-order chi connectivity index (χ0) is 22.1. The van der Waals surface area contributed by atoms with Gasteiger partial charge in [0.1, 0.15) is 5.75 Å². The van der Waals surface area contributed by atoms with E-state index in [0.717, 1.165) is 4.57 Å². The number of carbonyl (C=O) groups is 1. The Labute approximate surface area is 181 Å². The molecule has 0 saturated carbocycles. The number of aromatic nitrogens is 4. The van der Waals surface area contributed by atoms with E-state index in [9.17, 15) is 14.4 Å². The third-order valence-electron chi connectivity index (χ3n) is 5.01.